The second-order valence-corrected chi connectivity index (χ2v) is 4.72. The molecule has 2 aromatic carbocycles. The number of fused-ring (bicyclic) bond motifs is 1. The Bertz CT molecular complexity index is 902. The van der Waals surface area contributed by atoms with Crippen LogP contribution in [0.15, 0.2) is 53.3 Å². The van der Waals surface area contributed by atoms with E-state index in [2.05, 4.69) is 15.3 Å². The number of rotatable bonds is 4. The summed E-state index contributed by atoms with van der Waals surface area (Å²) in [6.07, 6.45) is 0. The molecule has 0 fully saturated rings. The normalized spacial score (nSPS) is 10.5. The fourth-order valence-electron chi connectivity index (χ4n) is 2.23. The van der Waals surface area contributed by atoms with Crippen LogP contribution in [-0.2, 0) is 4.79 Å². The van der Waals surface area contributed by atoms with Crippen molar-refractivity contribution in [1.29, 1.82) is 0 Å². The number of hydrogen-bond acceptors (Lipinski definition) is 4. The predicted octanol–water partition coefficient (Wildman–Crippen LogP) is 2.09. The van der Waals surface area contributed by atoms with E-state index in [1.807, 2.05) is 18.2 Å². The third-order valence-electron chi connectivity index (χ3n) is 3.21. The van der Waals surface area contributed by atoms with Crippen molar-refractivity contribution in [1.82, 2.24) is 9.97 Å². The van der Waals surface area contributed by atoms with Gasteiger partial charge in [-0.2, -0.15) is 0 Å². The summed E-state index contributed by atoms with van der Waals surface area (Å²) in [7, 11) is 0. The number of aromatic amines is 1. The third kappa shape index (κ3) is 2.67. The van der Waals surface area contributed by atoms with Gasteiger partial charge < -0.3 is 15.4 Å². The minimum Gasteiger partial charge on any atom is -0.480 e. The average molecular weight is 295 g/mol. The molecule has 1 aromatic heterocycles. The van der Waals surface area contributed by atoms with Gasteiger partial charge in [-0.15, -0.1) is 0 Å². The number of carboxylic acid groups (broad SMARTS) is 1. The highest BCUT2D eigenvalue weighted by atomic mass is 16.4. The van der Waals surface area contributed by atoms with E-state index < -0.39 is 5.97 Å². The van der Waals surface area contributed by atoms with E-state index in [-0.39, 0.29) is 17.8 Å². The van der Waals surface area contributed by atoms with Gasteiger partial charge in [-0.1, -0.05) is 30.3 Å². The molecule has 0 aliphatic heterocycles. The first kappa shape index (κ1) is 13.8. The zero-order chi connectivity index (χ0) is 15.5. The topological polar surface area (TPSA) is 95.1 Å². The van der Waals surface area contributed by atoms with Crippen molar-refractivity contribution in [3.63, 3.8) is 0 Å². The third-order valence-corrected chi connectivity index (χ3v) is 3.21. The summed E-state index contributed by atoms with van der Waals surface area (Å²) in [5, 5.41) is 11.6. The molecule has 3 aromatic rings. The number of benzene rings is 2. The molecule has 3 rings (SSSR count). The van der Waals surface area contributed by atoms with Crippen molar-refractivity contribution in [3.05, 3.63) is 58.9 Å². The highest BCUT2D eigenvalue weighted by molar-refractivity contribution is 5.82. The minimum atomic E-state index is -0.977. The van der Waals surface area contributed by atoms with Gasteiger partial charge in [-0.3, -0.25) is 9.59 Å². The molecular weight excluding hydrogens is 282 g/mol. The first-order valence-corrected chi connectivity index (χ1v) is 6.69. The molecule has 0 aliphatic carbocycles. The number of hydrogen-bond donors (Lipinski definition) is 3. The molecular formula is C16H13N3O3. The van der Waals surface area contributed by atoms with Crippen molar-refractivity contribution < 1.29 is 9.90 Å². The quantitative estimate of drug-likeness (QED) is 0.685. The number of carbonyl (C=O) groups is 1. The number of nitrogens with one attached hydrogen (secondary N) is 2. The van der Waals surface area contributed by atoms with E-state index in [9.17, 15) is 9.59 Å². The molecule has 0 amide bonds. The number of carboxylic acids is 1. The molecule has 0 saturated heterocycles. The van der Waals surface area contributed by atoms with Gasteiger partial charge in [0.2, 0.25) is 0 Å². The van der Waals surface area contributed by atoms with Gasteiger partial charge in [-0.05, 0) is 18.2 Å². The molecule has 0 bridgehead atoms. The molecule has 0 atom stereocenters. The molecule has 0 unspecified atom stereocenters. The van der Waals surface area contributed by atoms with Crippen LogP contribution >= 0.6 is 0 Å². The lowest BCUT2D eigenvalue weighted by atomic mass is 10.1. The Labute approximate surface area is 125 Å². The average Bonchev–Trinajstić information content (AvgIpc) is 2.52. The largest absolute Gasteiger partial charge is 0.480 e. The van der Waals surface area contributed by atoms with Crippen LogP contribution in [-0.4, -0.2) is 27.6 Å². The molecule has 22 heavy (non-hydrogen) atoms. The van der Waals surface area contributed by atoms with E-state index >= 15 is 0 Å². The van der Waals surface area contributed by atoms with Gasteiger partial charge in [0.1, 0.15) is 12.2 Å². The Morgan fingerprint density at radius 2 is 1.86 bits per heavy atom. The van der Waals surface area contributed by atoms with Crippen LogP contribution in [0, 0.1) is 0 Å². The number of nitrogens with zero attached hydrogens (tertiary/aromatic N) is 1. The smallest absolute Gasteiger partial charge is 0.322 e. The van der Waals surface area contributed by atoms with Crippen LogP contribution < -0.4 is 10.9 Å². The van der Waals surface area contributed by atoms with Crippen LogP contribution in [0.2, 0.25) is 0 Å². The summed E-state index contributed by atoms with van der Waals surface area (Å²) in [4.78, 5) is 30.2. The van der Waals surface area contributed by atoms with Gasteiger partial charge in [0.25, 0.3) is 5.56 Å². The number of aromatic nitrogens is 2. The molecule has 6 heteroatoms. The molecule has 0 aliphatic rings. The fourth-order valence-corrected chi connectivity index (χ4v) is 2.23. The van der Waals surface area contributed by atoms with E-state index in [1.54, 1.807) is 30.3 Å². The van der Waals surface area contributed by atoms with Gasteiger partial charge in [0, 0.05) is 11.3 Å². The zero-order valence-electron chi connectivity index (χ0n) is 11.5. The van der Waals surface area contributed by atoms with Crippen molar-refractivity contribution in [2.24, 2.45) is 0 Å². The molecule has 110 valence electrons. The fraction of sp³-hybridized carbons (Fsp3) is 0.0625. The Hall–Kier alpha value is -3.15. The summed E-state index contributed by atoms with van der Waals surface area (Å²) in [5.74, 6) is -0.977. The second kappa shape index (κ2) is 5.69. The SMILES string of the molecule is O=C(O)CNc1ccccc1-c1nc2ccccc2[nH]c1=O. The van der Waals surface area contributed by atoms with Crippen molar-refractivity contribution in [2.75, 3.05) is 11.9 Å². The van der Waals surface area contributed by atoms with Gasteiger partial charge in [0.05, 0.1) is 11.0 Å². The zero-order valence-corrected chi connectivity index (χ0v) is 11.5. The van der Waals surface area contributed by atoms with Crippen LogP contribution in [0.25, 0.3) is 22.3 Å². The lowest BCUT2D eigenvalue weighted by Gasteiger charge is -2.10. The summed E-state index contributed by atoms with van der Waals surface area (Å²) in [5.41, 5.74) is 2.39. The van der Waals surface area contributed by atoms with Gasteiger partial charge >= 0.3 is 5.97 Å². The molecule has 3 N–H and O–H groups in total. The summed E-state index contributed by atoms with van der Waals surface area (Å²) in [6.45, 7) is -0.234. The Morgan fingerprint density at radius 3 is 2.68 bits per heavy atom. The van der Waals surface area contributed by atoms with E-state index in [0.29, 0.717) is 22.3 Å². The summed E-state index contributed by atoms with van der Waals surface area (Å²) >= 11 is 0. The van der Waals surface area contributed by atoms with Crippen LogP contribution in [0.4, 0.5) is 5.69 Å². The Balaban J connectivity index is 2.13. The number of anilines is 1. The molecule has 1 heterocycles. The molecule has 6 nitrogen and oxygen atoms in total. The van der Waals surface area contributed by atoms with Crippen molar-refractivity contribution >= 4 is 22.7 Å². The second-order valence-electron chi connectivity index (χ2n) is 4.72. The predicted molar refractivity (Wildman–Crippen MR) is 83.9 cm³/mol. The maximum atomic E-state index is 12.3. The lowest BCUT2D eigenvalue weighted by Crippen LogP contribution is -2.15. The number of para-hydroxylation sites is 3. The minimum absolute atomic E-state index is 0.234. The maximum absolute atomic E-state index is 12.3. The first-order valence-electron chi connectivity index (χ1n) is 6.69. The summed E-state index contributed by atoms with van der Waals surface area (Å²) in [6, 6.07) is 14.2. The van der Waals surface area contributed by atoms with Gasteiger partial charge in [0.15, 0.2) is 0 Å². The van der Waals surface area contributed by atoms with Crippen LogP contribution in [0.5, 0.6) is 0 Å². The Morgan fingerprint density at radius 1 is 1.14 bits per heavy atom. The molecule has 0 spiro atoms. The summed E-state index contributed by atoms with van der Waals surface area (Å²) < 4.78 is 0. The number of aliphatic carboxylic acids is 1. The van der Waals surface area contributed by atoms with E-state index in [0.717, 1.165) is 0 Å². The monoisotopic (exact) mass is 295 g/mol. The first-order chi connectivity index (χ1) is 10.6. The lowest BCUT2D eigenvalue weighted by molar-refractivity contribution is -0.134. The highest BCUT2D eigenvalue weighted by Crippen LogP contribution is 2.24. The van der Waals surface area contributed by atoms with E-state index in [4.69, 9.17) is 5.11 Å². The van der Waals surface area contributed by atoms with Crippen molar-refractivity contribution in [3.8, 4) is 11.3 Å². The standard InChI is InChI=1S/C16H13N3O3/c20-14(21)9-17-11-6-2-1-5-10(11)15-16(22)19-13-8-4-3-7-12(13)18-15/h1-8,17H,9H2,(H,19,22)(H,20,21). The van der Waals surface area contributed by atoms with Crippen LogP contribution in [0.3, 0.4) is 0 Å². The molecule has 0 radical (unpaired) electrons. The molecule has 0 saturated carbocycles. The van der Waals surface area contributed by atoms with E-state index in [1.165, 1.54) is 0 Å². The maximum Gasteiger partial charge on any atom is 0.322 e. The Kier molecular flexibility index (Phi) is 3.57. The number of H-pyrrole nitrogens is 1. The highest BCUT2D eigenvalue weighted by Gasteiger charge is 2.12. The van der Waals surface area contributed by atoms with Crippen LogP contribution in [0.1, 0.15) is 0 Å². The van der Waals surface area contributed by atoms with Crippen molar-refractivity contribution in [2.45, 2.75) is 0 Å². The van der Waals surface area contributed by atoms with Gasteiger partial charge in [-0.25, -0.2) is 4.98 Å².